The molecular formula is C9H11FN2O4S. The SMILES string of the molecule is CCNS(=O)(=O)Nc1c(F)cccc1C(=O)O. The molecule has 0 unspecified atom stereocenters. The van der Waals surface area contributed by atoms with Gasteiger partial charge in [-0.25, -0.2) is 9.18 Å². The van der Waals surface area contributed by atoms with E-state index in [0.717, 1.165) is 12.1 Å². The lowest BCUT2D eigenvalue weighted by Gasteiger charge is -2.11. The number of carboxylic acids is 1. The molecule has 1 rings (SSSR count). The Labute approximate surface area is 97.6 Å². The molecule has 0 spiro atoms. The molecule has 0 saturated heterocycles. The number of anilines is 1. The highest BCUT2D eigenvalue weighted by molar-refractivity contribution is 7.90. The minimum absolute atomic E-state index is 0.103. The summed E-state index contributed by atoms with van der Waals surface area (Å²) >= 11 is 0. The lowest BCUT2D eigenvalue weighted by Crippen LogP contribution is -2.30. The molecule has 0 amide bonds. The van der Waals surface area contributed by atoms with Crippen LogP contribution in [0.4, 0.5) is 10.1 Å². The van der Waals surface area contributed by atoms with Crippen molar-refractivity contribution >= 4 is 21.9 Å². The molecule has 94 valence electrons. The molecule has 6 nitrogen and oxygen atoms in total. The van der Waals surface area contributed by atoms with Gasteiger partial charge < -0.3 is 5.11 Å². The maximum Gasteiger partial charge on any atom is 0.337 e. The second-order valence-corrected chi connectivity index (χ2v) is 4.57. The highest BCUT2D eigenvalue weighted by Gasteiger charge is 2.18. The first-order chi connectivity index (χ1) is 7.87. The summed E-state index contributed by atoms with van der Waals surface area (Å²) in [6, 6.07) is 3.26. The van der Waals surface area contributed by atoms with Crippen molar-refractivity contribution < 1.29 is 22.7 Å². The summed E-state index contributed by atoms with van der Waals surface area (Å²) in [5.41, 5.74) is -1.03. The monoisotopic (exact) mass is 262 g/mol. The molecule has 0 aliphatic carbocycles. The molecule has 1 aromatic rings. The number of halogens is 1. The van der Waals surface area contributed by atoms with E-state index in [1.165, 1.54) is 6.07 Å². The lowest BCUT2D eigenvalue weighted by molar-refractivity contribution is 0.0697. The molecule has 0 aliphatic rings. The zero-order valence-corrected chi connectivity index (χ0v) is 9.71. The average molecular weight is 262 g/mol. The van der Waals surface area contributed by atoms with Gasteiger partial charge >= 0.3 is 5.97 Å². The Morgan fingerprint density at radius 2 is 2.12 bits per heavy atom. The summed E-state index contributed by atoms with van der Waals surface area (Å²) in [5.74, 6) is -2.37. The summed E-state index contributed by atoms with van der Waals surface area (Å²) in [7, 11) is -3.97. The highest BCUT2D eigenvalue weighted by Crippen LogP contribution is 2.20. The predicted octanol–water partition coefficient (Wildman–Crippen LogP) is 0.790. The summed E-state index contributed by atoms with van der Waals surface area (Å²) in [6.07, 6.45) is 0. The summed E-state index contributed by atoms with van der Waals surface area (Å²) in [4.78, 5) is 10.8. The number of carbonyl (C=O) groups is 1. The number of para-hydroxylation sites is 1. The standard InChI is InChI=1S/C9H11FN2O4S/c1-2-11-17(15,16)12-8-6(9(13)14)4-3-5-7(8)10/h3-5,11-12H,2H2,1H3,(H,13,14). The zero-order valence-electron chi connectivity index (χ0n) is 8.90. The molecule has 8 heteroatoms. The molecular weight excluding hydrogens is 251 g/mol. The van der Waals surface area contributed by atoms with E-state index in [2.05, 4.69) is 4.72 Å². The van der Waals surface area contributed by atoms with Crippen molar-refractivity contribution in [1.29, 1.82) is 0 Å². The van der Waals surface area contributed by atoms with E-state index in [0.29, 0.717) is 0 Å². The third kappa shape index (κ3) is 3.40. The van der Waals surface area contributed by atoms with Gasteiger partial charge in [-0.3, -0.25) is 4.72 Å². The average Bonchev–Trinajstić information content (AvgIpc) is 2.20. The predicted molar refractivity (Wildman–Crippen MR) is 59.6 cm³/mol. The van der Waals surface area contributed by atoms with Crippen LogP contribution in [-0.4, -0.2) is 26.0 Å². The van der Waals surface area contributed by atoms with Crippen LogP contribution >= 0.6 is 0 Å². The Bertz CT molecular complexity index is 530. The van der Waals surface area contributed by atoms with E-state index in [4.69, 9.17) is 5.11 Å². The van der Waals surface area contributed by atoms with Crippen LogP contribution in [0.2, 0.25) is 0 Å². The Morgan fingerprint density at radius 3 is 2.65 bits per heavy atom. The van der Waals surface area contributed by atoms with Gasteiger partial charge in [0, 0.05) is 6.54 Å². The molecule has 0 heterocycles. The highest BCUT2D eigenvalue weighted by atomic mass is 32.2. The van der Waals surface area contributed by atoms with Gasteiger partial charge in [0.15, 0.2) is 0 Å². The summed E-state index contributed by atoms with van der Waals surface area (Å²) in [5, 5.41) is 8.79. The van der Waals surface area contributed by atoms with Gasteiger partial charge in [0.05, 0.1) is 11.3 Å². The van der Waals surface area contributed by atoms with E-state index in [1.807, 2.05) is 4.72 Å². The van der Waals surface area contributed by atoms with Crippen molar-refractivity contribution in [3.8, 4) is 0 Å². The third-order valence-corrected chi connectivity index (χ3v) is 2.96. The first-order valence-corrected chi connectivity index (χ1v) is 6.15. The molecule has 0 radical (unpaired) electrons. The molecule has 3 N–H and O–H groups in total. The fourth-order valence-corrected chi connectivity index (χ4v) is 2.09. The van der Waals surface area contributed by atoms with Gasteiger partial charge in [0.1, 0.15) is 5.82 Å². The minimum atomic E-state index is -3.97. The second-order valence-electron chi connectivity index (χ2n) is 3.07. The van der Waals surface area contributed by atoms with Crippen LogP contribution in [0.3, 0.4) is 0 Å². The molecule has 0 saturated carbocycles. The number of benzene rings is 1. The maximum absolute atomic E-state index is 13.4. The topological polar surface area (TPSA) is 95.5 Å². The molecule has 0 aromatic heterocycles. The van der Waals surface area contributed by atoms with Crippen molar-refractivity contribution in [2.24, 2.45) is 0 Å². The molecule has 1 aromatic carbocycles. The number of hydrogen-bond acceptors (Lipinski definition) is 3. The van der Waals surface area contributed by atoms with Crippen LogP contribution in [0.1, 0.15) is 17.3 Å². The molecule has 0 fully saturated rings. The van der Waals surface area contributed by atoms with Crippen molar-refractivity contribution in [3.05, 3.63) is 29.6 Å². The van der Waals surface area contributed by atoms with Crippen LogP contribution in [-0.2, 0) is 10.2 Å². The van der Waals surface area contributed by atoms with Crippen molar-refractivity contribution in [2.45, 2.75) is 6.92 Å². The number of hydrogen-bond donors (Lipinski definition) is 3. The number of carboxylic acid groups (broad SMARTS) is 1. The quantitative estimate of drug-likeness (QED) is 0.731. The molecule has 0 atom stereocenters. The smallest absolute Gasteiger partial charge is 0.337 e. The molecule has 17 heavy (non-hydrogen) atoms. The van der Waals surface area contributed by atoms with Gasteiger partial charge in [-0.1, -0.05) is 13.0 Å². The second kappa shape index (κ2) is 5.11. The van der Waals surface area contributed by atoms with Gasteiger partial charge in [-0.15, -0.1) is 0 Å². The molecule has 0 bridgehead atoms. The van der Waals surface area contributed by atoms with E-state index in [9.17, 15) is 17.6 Å². The van der Waals surface area contributed by atoms with Gasteiger partial charge in [0.25, 0.3) is 10.2 Å². The van der Waals surface area contributed by atoms with Crippen molar-refractivity contribution in [3.63, 3.8) is 0 Å². The van der Waals surface area contributed by atoms with Gasteiger partial charge in [-0.05, 0) is 12.1 Å². The van der Waals surface area contributed by atoms with E-state index < -0.39 is 33.2 Å². The number of nitrogens with one attached hydrogen (secondary N) is 2. The van der Waals surface area contributed by atoms with E-state index in [1.54, 1.807) is 6.92 Å². The Balaban J connectivity index is 3.18. The fourth-order valence-electron chi connectivity index (χ4n) is 1.17. The Kier molecular flexibility index (Phi) is 4.02. The lowest BCUT2D eigenvalue weighted by atomic mass is 10.2. The van der Waals surface area contributed by atoms with E-state index >= 15 is 0 Å². The normalized spacial score (nSPS) is 11.2. The Hall–Kier alpha value is -1.67. The summed E-state index contributed by atoms with van der Waals surface area (Å²) < 4.78 is 40.0. The van der Waals surface area contributed by atoms with E-state index in [-0.39, 0.29) is 6.54 Å². The summed E-state index contributed by atoms with van der Waals surface area (Å²) in [6.45, 7) is 1.64. The molecule has 0 aliphatic heterocycles. The number of rotatable bonds is 5. The van der Waals surface area contributed by atoms with Crippen LogP contribution in [0, 0.1) is 5.82 Å². The van der Waals surface area contributed by atoms with Crippen LogP contribution in [0.15, 0.2) is 18.2 Å². The first kappa shape index (κ1) is 13.4. The van der Waals surface area contributed by atoms with Crippen LogP contribution in [0.5, 0.6) is 0 Å². The van der Waals surface area contributed by atoms with Crippen LogP contribution in [0.25, 0.3) is 0 Å². The largest absolute Gasteiger partial charge is 0.478 e. The third-order valence-electron chi connectivity index (χ3n) is 1.81. The zero-order chi connectivity index (χ0) is 13.1. The van der Waals surface area contributed by atoms with Crippen molar-refractivity contribution in [1.82, 2.24) is 4.72 Å². The van der Waals surface area contributed by atoms with Crippen molar-refractivity contribution in [2.75, 3.05) is 11.3 Å². The van der Waals surface area contributed by atoms with Crippen LogP contribution < -0.4 is 9.44 Å². The fraction of sp³-hybridized carbons (Fsp3) is 0.222. The van der Waals surface area contributed by atoms with Gasteiger partial charge in [-0.2, -0.15) is 13.1 Å². The first-order valence-electron chi connectivity index (χ1n) is 4.66. The minimum Gasteiger partial charge on any atom is -0.478 e. The van der Waals surface area contributed by atoms with Gasteiger partial charge in [0.2, 0.25) is 0 Å². The Morgan fingerprint density at radius 1 is 1.47 bits per heavy atom. The maximum atomic E-state index is 13.4. The number of aromatic carboxylic acids is 1.